The first-order valence-corrected chi connectivity index (χ1v) is 7.64. The van der Waals surface area contributed by atoms with E-state index in [0.29, 0.717) is 0 Å². The maximum absolute atomic E-state index is 5.70. The van der Waals surface area contributed by atoms with Crippen LogP contribution in [0.25, 0.3) is 0 Å². The second-order valence-electron chi connectivity index (χ2n) is 4.26. The molecule has 1 heterocycles. The van der Waals surface area contributed by atoms with Crippen molar-refractivity contribution in [1.82, 2.24) is 15.0 Å². The van der Waals surface area contributed by atoms with Gasteiger partial charge in [-0.25, -0.2) is 4.98 Å². The van der Waals surface area contributed by atoms with Crippen molar-refractivity contribution in [3.05, 3.63) is 50.9 Å². The largest absolute Gasteiger partial charge is 0.335 e. The molecule has 4 nitrogen and oxygen atoms in total. The molecule has 102 valence electrons. The summed E-state index contributed by atoms with van der Waals surface area (Å²) in [6, 6.07) is 6.16. The molecule has 0 aliphatic carbocycles. The average Bonchev–Trinajstić information content (AvgIpc) is 2.81. The summed E-state index contributed by atoms with van der Waals surface area (Å²) in [4.78, 5) is 4.39. The van der Waals surface area contributed by atoms with Gasteiger partial charge in [0.05, 0.1) is 6.04 Å². The highest BCUT2D eigenvalue weighted by Gasteiger charge is 2.14. The zero-order valence-corrected chi connectivity index (χ0v) is 13.8. The fraction of sp³-hybridized carbons (Fsp3) is 0.308. The highest BCUT2D eigenvalue weighted by molar-refractivity contribution is 9.11. The zero-order valence-electron chi connectivity index (χ0n) is 10.6. The molecule has 0 radical (unpaired) electrons. The van der Waals surface area contributed by atoms with Crippen LogP contribution in [0.2, 0.25) is 0 Å². The molecule has 0 fully saturated rings. The Labute approximate surface area is 129 Å². The molecule has 0 bridgehead atoms. The van der Waals surface area contributed by atoms with Crippen LogP contribution in [0.4, 0.5) is 0 Å². The third-order valence-corrected chi connectivity index (χ3v) is 3.93. The Bertz CT molecular complexity index is 533. The van der Waals surface area contributed by atoms with Gasteiger partial charge >= 0.3 is 0 Å². The predicted molar refractivity (Wildman–Crippen MR) is 83.5 cm³/mol. The van der Waals surface area contributed by atoms with Gasteiger partial charge < -0.3 is 4.57 Å². The molecule has 1 unspecified atom stereocenters. The normalized spacial score (nSPS) is 12.6. The van der Waals surface area contributed by atoms with Crippen molar-refractivity contribution in [2.75, 3.05) is 0 Å². The SMILES string of the molecule is CCn1ccnc1CC(NN)c1cc(Br)cc(Br)c1. The second-order valence-corrected chi connectivity index (χ2v) is 6.09. The molecule has 3 N–H and O–H groups in total. The molecule has 0 aliphatic rings. The van der Waals surface area contributed by atoms with Crippen molar-refractivity contribution in [2.45, 2.75) is 25.9 Å². The molecule has 0 spiro atoms. The Morgan fingerprint density at radius 1 is 1.32 bits per heavy atom. The van der Waals surface area contributed by atoms with Crippen LogP contribution in [0.5, 0.6) is 0 Å². The number of nitrogens with one attached hydrogen (secondary N) is 1. The lowest BCUT2D eigenvalue weighted by Gasteiger charge is -2.17. The number of halogens is 2. The van der Waals surface area contributed by atoms with E-state index < -0.39 is 0 Å². The number of hydrogen-bond acceptors (Lipinski definition) is 3. The molecule has 19 heavy (non-hydrogen) atoms. The third kappa shape index (κ3) is 3.66. The predicted octanol–water partition coefficient (Wildman–Crippen LogP) is 3.18. The Hall–Kier alpha value is -0.690. The molecule has 0 amide bonds. The molecule has 2 aromatic rings. The van der Waals surface area contributed by atoms with E-state index in [1.807, 2.05) is 18.5 Å². The smallest absolute Gasteiger partial charge is 0.110 e. The van der Waals surface area contributed by atoms with E-state index in [2.05, 4.69) is 65.9 Å². The van der Waals surface area contributed by atoms with Gasteiger partial charge in [-0.05, 0) is 30.7 Å². The minimum atomic E-state index is 0.0292. The van der Waals surface area contributed by atoms with Crippen molar-refractivity contribution in [2.24, 2.45) is 5.84 Å². The van der Waals surface area contributed by atoms with Crippen LogP contribution in [-0.4, -0.2) is 9.55 Å². The standard InChI is InChI=1S/C13H16Br2N4/c1-2-19-4-3-17-13(19)8-12(18-16)9-5-10(14)7-11(15)6-9/h3-7,12,18H,2,8,16H2,1H3. The first-order chi connectivity index (χ1) is 9.13. The maximum atomic E-state index is 5.70. The average molecular weight is 388 g/mol. The van der Waals surface area contributed by atoms with Crippen molar-refractivity contribution in [3.63, 3.8) is 0 Å². The maximum Gasteiger partial charge on any atom is 0.110 e. The lowest BCUT2D eigenvalue weighted by molar-refractivity contribution is 0.523. The zero-order chi connectivity index (χ0) is 13.8. The summed E-state index contributed by atoms with van der Waals surface area (Å²) in [5.74, 6) is 6.72. The highest BCUT2D eigenvalue weighted by atomic mass is 79.9. The number of hydrazine groups is 1. The molecule has 6 heteroatoms. The summed E-state index contributed by atoms with van der Waals surface area (Å²) in [7, 11) is 0. The molecule has 0 saturated heterocycles. The van der Waals surface area contributed by atoms with Gasteiger partial charge in [-0.2, -0.15) is 0 Å². The number of nitrogens with two attached hydrogens (primary N) is 1. The molecule has 0 aliphatic heterocycles. The van der Waals surface area contributed by atoms with Crippen LogP contribution in [0.3, 0.4) is 0 Å². The van der Waals surface area contributed by atoms with Crippen LogP contribution >= 0.6 is 31.9 Å². The minimum absolute atomic E-state index is 0.0292. The summed E-state index contributed by atoms with van der Waals surface area (Å²) in [6.45, 7) is 3.01. The number of aromatic nitrogens is 2. The van der Waals surface area contributed by atoms with E-state index in [1.165, 1.54) is 0 Å². The summed E-state index contributed by atoms with van der Waals surface area (Å²) in [5.41, 5.74) is 3.99. The number of hydrogen-bond donors (Lipinski definition) is 2. The summed E-state index contributed by atoms with van der Waals surface area (Å²) in [5, 5.41) is 0. The van der Waals surface area contributed by atoms with Gasteiger partial charge in [0.1, 0.15) is 5.82 Å². The lowest BCUT2D eigenvalue weighted by Crippen LogP contribution is -2.30. The number of aryl methyl sites for hydroxylation is 1. The van der Waals surface area contributed by atoms with Crippen LogP contribution in [0.15, 0.2) is 39.5 Å². The molecule has 2 rings (SSSR count). The topological polar surface area (TPSA) is 55.9 Å². The first-order valence-electron chi connectivity index (χ1n) is 6.06. The van der Waals surface area contributed by atoms with Crippen LogP contribution in [0, 0.1) is 0 Å². The quantitative estimate of drug-likeness (QED) is 0.611. The number of rotatable bonds is 5. The van der Waals surface area contributed by atoms with E-state index >= 15 is 0 Å². The van der Waals surface area contributed by atoms with E-state index in [9.17, 15) is 0 Å². The van der Waals surface area contributed by atoms with Crippen LogP contribution in [0.1, 0.15) is 24.4 Å². The van der Waals surface area contributed by atoms with Crippen molar-refractivity contribution in [1.29, 1.82) is 0 Å². The van der Waals surface area contributed by atoms with Gasteiger partial charge in [0.2, 0.25) is 0 Å². The Balaban J connectivity index is 2.25. The van der Waals surface area contributed by atoms with Gasteiger partial charge in [0.15, 0.2) is 0 Å². The van der Waals surface area contributed by atoms with Crippen LogP contribution < -0.4 is 11.3 Å². The van der Waals surface area contributed by atoms with Crippen molar-refractivity contribution >= 4 is 31.9 Å². The number of imidazole rings is 1. The van der Waals surface area contributed by atoms with Crippen molar-refractivity contribution < 1.29 is 0 Å². The van der Waals surface area contributed by atoms with Crippen molar-refractivity contribution in [3.8, 4) is 0 Å². The van der Waals surface area contributed by atoms with Gasteiger partial charge in [0, 0.05) is 34.3 Å². The van der Waals surface area contributed by atoms with E-state index in [-0.39, 0.29) is 6.04 Å². The molecular weight excluding hydrogens is 372 g/mol. The Kier molecular flexibility index (Phi) is 5.15. The van der Waals surface area contributed by atoms with Gasteiger partial charge in [-0.3, -0.25) is 11.3 Å². The van der Waals surface area contributed by atoms with Gasteiger partial charge in [-0.15, -0.1) is 0 Å². The molecule has 1 atom stereocenters. The van der Waals surface area contributed by atoms with E-state index in [1.54, 1.807) is 0 Å². The highest BCUT2D eigenvalue weighted by Crippen LogP contribution is 2.25. The summed E-state index contributed by atoms with van der Waals surface area (Å²) in [6.07, 6.45) is 4.56. The fourth-order valence-corrected chi connectivity index (χ4v) is 3.38. The first kappa shape index (κ1) is 14.7. The minimum Gasteiger partial charge on any atom is -0.335 e. The van der Waals surface area contributed by atoms with Gasteiger partial charge in [-0.1, -0.05) is 31.9 Å². The van der Waals surface area contributed by atoms with Gasteiger partial charge in [0.25, 0.3) is 0 Å². The third-order valence-electron chi connectivity index (χ3n) is 3.02. The van der Waals surface area contributed by atoms with Crippen LogP contribution in [-0.2, 0) is 13.0 Å². The number of benzene rings is 1. The fourth-order valence-electron chi connectivity index (χ4n) is 2.05. The molecular formula is C13H16Br2N4. The second kappa shape index (κ2) is 6.65. The molecule has 1 aromatic heterocycles. The Morgan fingerprint density at radius 2 is 2.00 bits per heavy atom. The summed E-state index contributed by atoms with van der Waals surface area (Å²) < 4.78 is 4.17. The molecule has 1 aromatic carbocycles. The van der Waals surface area contributed by atoms with E-state index in [0.717, 1.165) is 33.3 Å². The Morgan fingerprint density at radius 3 is 2.58 bits per heavy atom. The summed E-state index contributed by atoms with van der Waals surface area (Å²) >= 11 is 6.99. The monoisotopic (exact) mass is 386 g/mol. The van der Waals surface area contributed by atoms with E-state index in [4.69, 9.17) is 5.84 Å². The molecule has 0 saturated carbocycles. The lowest BCUT2D eigenvalue weighted by atomic mass is 10.0. The number of nitrogens with zero attached hydrogens (tertiary/aromatic N) is 2.